The van der Waals surface area contributed by atoms with Crippen LogP contribution < -0.4 is 0 Å². The molecule has 0 amide bonds. The first-order chi connectivity index (χ1) is 7.37. The van der Waals surface area contributed by atoms with E-state index in [1.807, 2.05) is 0 Å². The molecule has 0 aromatic rings. The highest BCUT2D eigenvalue weighted by molar-refractivity contribution is 8.09. The van der Waals surface area contributed by atoms with E-state index >= 15 is 0 Å². The van der Waals surface area contributed by atoms with E-state index < -0.39 is 6.49 Å². The van der Waals surface area contributed by atoms with Gasteiger partial charge in [-0.2, -0.15) is 11.8 Å². The predicted molar refractivity (Wildman–Crippen MR) is 71.6 cm³/mol. The van der Waals surface area contributed by atoms with Gasteiger partial charge < -0.3 is 18.9 Å². The number of thioether (sulfide) groups is 1. The highest BCUT2D eigenvalue weighted by atomic mass is 32.5. The number of hydrogen-bond acceptors (Lipinski definition) is 6. The largest absolute Gasteiger partial charge is 0.449 e. The van der Waals surface area contributed by atoms with Crippen molar-refractivity contribution in [1.82, 2.24) is 0 Å². The number of thiocarbonyl (C=S) groups is 1. The third-order valence-corrected chi connectivity index (χ3v) is 4.76. The molecule has 1 N–H and O–H groups in total. The van der Waals surface area contributed by atoms with Crippen molar-refractivity contribution in [1.29, 1.82) is 0 Å². The molecule has 88 valence electrons. The Labute approximate surface area is 110 Å². The van der Waals surface area contributed by atoms with Gasteiger partial charge in [0.15, 0.2) is 12.6 Å². The topological polar surface area (TPSA) is 47.9 Å². The van der Waals surface area contributed by atoms with Crippen LogP contribution in [-0.2, 0) is 25.8 Å². The normalized spacial score (nSPS) is 41.0. The second kappa shape index (κ2) is 4.74. The first-order valence-electron chi connectivity index (χ1n) is 4.60. The highest BCUT2D eigenvalue weighted by Crippen LogP contribution is 2.44. The van der Waals surface area contributed by atoms with Crippen molar-refractivity contribution in [2.45, 2.75) is 22.6 Å². The molecular weight excluding hydrogens is 286 g/mol. The zero-order chi connectivity index (χ0) is 11.9. The molecule has 2 saturated heterocycles. The van der Waals surface area contributed by atoms with Crippen molar-refractivity contribution in [2.24, 2.45) is 0 Å². The molecule has 5 atom stereocenters. The van der Waals surface area contributed by atoms with Gasteiger partial charge in [0.25, 0.3) is 0 Å². The van der Waals surface area contributed by atoms with Crippen LogP contribution >= 0.6 is 30.5 Å². The summed E-state index contributed by atoms with van der Waals surface area (Å²) in [5, 5.41) is -0.0574. The molecule has 4 nitrogen and oxygen atoms in total. The van der Waals surface area contributed by atoms with E-state index in [4.69, 9.17) is 45.9 Å². The summed E-state index contributed by atoms with van der Waals surface area (Å²) in [7, 11) is 5.88. The number of fused-ring (bicyclic) bond motifs is 1. The predicted octanol–water partition coefficient (Wildman–Crippen LogP) is 0.613. The Hall–Kier alpha value is 0.675. The van der Waals surface area contributed by atoms with E-state index in [0.29, 0.717) is 6.61 Å². The van der Waals surface area contributed by atoms with Crippen LogP contribution in [0.1, 0.15) is 0 Å². The van der Waals surface area contributed by atoms with Gasteiger partial charge >= 0.3 is 5.24 Å². The fraction of sp³-hybridized carbons (Fsp3) is 0.857. The third kappa shape index (κ3) is 2.92. The summed E-state index contributed by atoms with van der Waals surface area (Å²) >= 11 is 11.1. The molecule has 0 bridgehead atoms. The highest BCUT2D eigenvalue weighted by Gasteiger charge is 2.50. The average Bonchev–Trinajstić information content (AvgIpc) is 2.62. The van der Waals surface area contributed by atoms with E-state index in [1.165, 1.54) is 18.4 Å². The van der Waals surface area contributed by atoms with Gasteiger partial charge in [-0.15, -0.1) is 0 Å². The molecule has 5 unspecified atom stereocenters. The van der Waals surface area contributed by atoms with Crippen LogP contribution in [0.5, 0.6) is 0 Å². The average molecular weight is 296 g/mol. The Morgan fingerprint density at radius 2 is 2.19 bits per heavy atom. The molecule has 0 aliphatic carbocycles. The molecule has 2 fully saturated rings. The van der Waals surface area contributed by atoms with Crippen molar-refractivity contribution < 1.29 is 18.9 Å². The molecule has 2 heterocycles. The van der Waals surface area contributed by atoms with Gasteiger partial charge in [0.2, 0.25) is 0 Å². The van der Waals surface area contributed by atoms with E-state index in [-0.39, 0.29) is 27.8 Å². The van der Waals surface area contributed by atoms with Gasteiger partial charge in [0.05, 0.1) is 19.7 Å². The zero-order valence-electron chi connectivity index (χ0n) is 8.44. The monoisotopic (exact) mass is 296 g/mol. The zero-order valence-corrected chi connectivity index (χ0v) is 11.8. The van der Waals surface area contributed by atoms with Gasteiger partial charge in [-0.3, -0.25) is 0 Å². The maximum atomic E-state index is 9.40. The molecule has 2 aliphatic heterocycles. The minimum absolute atomic E-state index is 0.00475. The van der Waals surface area contributed by atoms with Crippen LogP contribution in [0.3, 0.4) is 0 Å². The van der Waals surface area contributed by atoms with Crippen LogP contribution in [0.25, 0.3) is 0 Å². The van der Waals surface area contributed by atoms with Crippen LogP contribution in [0.4, 0.5) is 0 Å². The molecule has 2 aliphatic rings. The second-order valence-electron chi connectivity index (χ2n) is 3.65. The van der Waals surface area contributed by atoms with Crippen molar-refractivity contribution in [2.75, 3.05) is 13.3 Å². The number of rotatable bonds is 3. The Kier molecular flexibility index (Phi) is 3.89. The summed E-state index contributed by atoms with van der Waals surface area (Å²) in [5.41, 5.74) is 0. The fourth-order valence-corrected chi connectivity index (χ4v) is 3.85. The summed E-state index contributed by atoms with van der Waals surface area (Å²) < 4.78 is 15.9. The maximum Gasteiger partial charge on any atom is 0.353 e. The second-order valence-corrected chi connectivity index (χ2v) is 9.30. The lowest BCUT2D eigenvalue weighted by Crippen LogP contribution is -2.31. The fourth-order valence-electron chi connectivity index (χ4n) is 1.63. The lowest BCUT2D eigenvalue weighted by molar-refractivity contribution is 0.155. The Balaban J connectivity index is 1.96. The lowest BCUT2D eigenvalue weighted by Gasteiger charge is -2.17. The Bertz CT molecular complexity index is 349. The van der Waals surface area contributed by atoms with Gasteiger partial charge in [-0.25, -0.2) is 0 Å². The maximum absolute atomic E-state index is 9.40. The first kappa shape index (κ1) is 13.1. The summed E-state index contributed by atoms with van der Waals surface area (Å²) in [6.45, 7) is -0.828. The van der Waals surface area contributed by atoms with Gasteiger partial charge in [0, 0.05) is 24.0 Å². The molecule has 0 spiro atoms. The molecular formula is C7H10BO4PS3. The van der Waals surface area contributed by atoms with Gasteiger partial charge in [0.1, 0.15) is 6.10 Å². The van der Waals surface area contributed by atoms with E-state index in [9.17, 15) is 4.89 Å². The van der Waals surface area contributed by atoms with E-state index in [2.05, 4.69) is 0 Å². The molecule has 0 saturated carbocycles. The lowest BCUT2D eigenvalue weighted by atomic mass is 9.94. The molecule has 2 rings (SSSR count). The molecule has 0 aromatic heterocycles. The van der Waals surface area contributed by atoms with Gasteiger partial charge in [-0.05, 0) is 11.8 Å². The van der Waals surface area contributed by atoms with Crippen LogP contribution in [0.15, 0.2) is 0 Å². The minimum Gasteiger partial charge on any atom is -0.449 e. The van der Waals surface area contributed by atoms with Crippen LogP contribution in [0, 0.1) is 0 Å². The quantitative estimate of drug-likeness (QED) is 0.465. The van der Waals surface area contributed by atoms with Crippen molar-refractivity contribution in [3.8, 4) is 0 Å². The SMILES string of the molecule is [B]C1SC(COP(C)(O)=S)C2OC(=S)OC12. The molecule has 0 aromatic carbocycles. The molecule has 2 radical (unpaired) electrons. The Morgan fingerprint density at radius 1 is 1.56 bits per heavy atom. The van der Waals surface area contributed by atoms with Gasteiger partial charge in [-0.1, -0.05) is 0 Å². The van der Waals surface area contributed by atoms with Crippen LogP contribution in [-0.4, -0.2) is 53.9 Å². The van der Waals surface area contributed by atoms with Crippen molar-refractivity contribution in [3.63, 3.8) is 0 Å². The van der Waals surface area contributed by atoms with E-state index in [0.717, 1.165) is 0 Å². The van der Waals surface area contributed by atoms with E-state index in [1.54, 1.807) is 0 Å². The number of hydrogen-bond donors (Lipinski definition) is 1. The summed E-state index contributed by atoms with van der Waals surface area (Å²) in [6, 6.07) is 0. The number of ether oxygens (including phenoxy) is 2. The smallest absolute Gasteiger partial charge is 0.353 e. The molecule has 16 heavy (non-hydrogen) atoms. The summed E-state index contributed by atoms with van der Waals surface area (Å²) in [5.74, 6) is 0. The van der Waals surface area contributed by atoms with Crippen molar-refractivity contribution in [3.05, 3.63) is 0 Å². The third-order valence-electron chi connectivity index (χ3n) is 2.29. The minimum atomic E-state index is -2.64. The molecule has 9 heteroatoms. The van der Waals surface area contributed by atoms with Crippen molar-refractivity contribution >= 4 is 55.4 Å². The standard InChI is InChI=1S/C7H10BO4PS3/c1-13(9,15)10-2-3-4-5(6(8)16-3)12-7(14)11-4/h3-6H,2H2,1H3,(H,9,15). The Morgan fingerprint density at radius 3 is 2.81 bits per heavy atom. The summed E-state index contributed by atoms with van der Waals surface area (Å²) in [6.07, 6.45) is -0.423. The summed E-state index contributed by atoms with van der Waals surface area (Å²) in [4.78, 5) is 9.40. The van der Waals surface area contributed by atoms with Crippen LogP contribution in [0.2, 0.25) is 0 Å². The first-order valence-corrected chi connectivity index (χ1v) is 9.07.